The van der Waals surface area contributed by atoms with Gasteiger partial charge in [-0.2, -0.15) is 0 Å². The number of likely N-dealkylation sites (N-methyl/N-ethyl adjacent to an activating group) is 1. The highest BCUT2D eigenvalue weighted by molar-refractivity contribution is 7.19. The number of rotatable bonds is 7. The van der Waals surface area contributed by atoms with Crippen molar-refractivity contribution >= 4 is 51.1 Å². The van der Waals surface area contributed by atoms with E-state index in [1.165, 1.54) is 35.6 Å². The average molecular weight is 520 g/mol. The van der Waals surface area contributed by atoms with Gasteiger partial charge in [0.25, 0.3) is 0 Å². The lowest BCUT2D eigenvalue weighted by Crippen LogP contribution is -2.21. The molecule has 1 atom stereocenters. The quantitative estimate of drug-likeness (QED) is 0.236. The van der Waals surface area contributed by atoms with E-state index >= 15 is 0 Å². The monoisotopic (exact) mass is 519 g/mol. The Bertz CT molecular complexity index is 1520. The minimum absolute atomic E-state index is 0.0148. The Labute approximate surface area is 215 Å². The van der Waals surface area contributed by atoms with Crippen LogP contribution in [0.25, 0.3) is 10.2 Å². The van der Waals surface area contributed by atoms with Gasteiger partial charge in [0.05, 0.1) is 34.8 Å². The van der Waals surface area contributed by atoms with Gasteiger partial charge in [-0.3, -0.25) is 19.6 Å². The van der Waals surface area contributed by atoms with Crippen LogP contribution in [0.4, 0.5) is 15.8 Å². The first kappa shape index (κ1) is 24.2. The number of para-hydroxylation sites is 2. The molecule has 0 saturated heterocycles. The standard InChI is InChI=1S/C26H22FN5O4S/c1-32-14-28-13-19(32)23-11-18-26(37-23)22(8-9-29-18)36-21-7-6-15(10-16(21)27)30-24(34)12-25(35)31-17-4-2-3-5-20(17)33/h2-11,14,19,33H,12-13H2,1H3,(H,30,34)(H,31,35). The maximum atomic E-state index is 14.9. The maximum Gasteiger partial charge on any atom is 0.233 e. The van der Waals surface area contributed by atoms with Crippen LogP contribution in [0.2, 0.25) is 0 Å². The number of benzene rings is 2. The predicted molar refractivity (Wildman–Crippen MR) is 140 cm³/mol. The first-order valence-corrected chi connectivity index (χ1v) is 12.1. The van der Waals surface area contributed by atoms with Crippen LogP contribution >= 0.6 is 11.3 Å². The molecule has 2 aromatic carbocycles. The number of carbonyl (C=O) groups is 2. The molecule has 0 fully saturated rings. The van der Waals surface area contributed by atoms with Crippen LogP contribution in [-0.4, -0.2) is 46.7 Å². The number of carbonyl (C=O) groups excluding carboxylic acids is 2. The van der Waals surface area contributed by atoms with Crippen LogP contribution < -0.4 is 15.4 Å². The van der Waals surface area contributed by atoms with E-state index in [1.807, 2.05) is 18.0 Å². The molecule has 0 aliphatic carbocycles. The van der Waals surface area contributed by atoms with Crippen molar-refractivity contribution < 1.29 is 23.8 Å². The Kier molecular flexibility index (Phi) is 6.69. The number of ether oxygens (including phenoxy) is 1. The van der Waals surface area contributed by atoms with Crippen LogP contribution in [0.5, 0.6) is 17.2 Å². The van der Waals surface area contributed by atoms with Gasteiger partial charge in [0.1, 0.15) is 17.9 Å². The summed E-state index contributed by atoms with van der Waals surface area (Å²) in [5.74, 6) is -1.59. The number of phenolic OH excluding ortho intramolecular Hbond substituents is 1. The van der Waals surface area contributed by atoms with Gasteiger partial charge in [-0.1, -0.05) is 12.1 Å². The van der Waals surface area contributed by atoms with Gasteiger partial charge in [0.15, 0.2) is 11.6 Å². The number of anilines is 2. The minimum atomic E-state index is -0.679. The van der Waals surface area contributed by atoms with Crippen LogP contribution in [0.15, 0.2) is 65.8 Å². The first-order valence-electron chi connectivity index (χ1n) is 11.3. The van der Waals surface area contributed by atoms with E-state index in [9.17, 15) is 19.1 Å². The second-order valence-electron chi connectivity index (χ2n) is 8.37. The third-order valence-corrected chi connectivity index (χ3v) is 6.93. The summed E-state index contributed by atoms with van der Waals surface area (Å²) in [7, 11) is 1.96. The van der Waals surface area contributed by atoms with Crippen molar-refractivity contribution in [2.24, 2.45) is 4.99 Å². The normalized spacial score (nSPS) is 14.6. The highest BCUT2D eigenvalue weighted by Gasteiger charge is 2.23. The molecule has 9 nitrogen and oxygen atoms in total. The number of thiophene rings is 1. The van der Waals surface area contributed by atoms with Crippen molar-refractivity contribution in [3.63, 3.8) is 0 Å². The Balaban J connectivity index is 1.25. The molecular formula is C26H22FN5O4S. The van der Waals surface area contributed by atoms with Crippen molar-refractivity contribution in [2.75, 3.05) is 24.2 Å². The smallest absolute Gasteiger partial charge is 0.233 e. The summed E-state index contributed by atoms with van der Waals surface area (Å²) in [6.45, 7) is 0.664. The molecule has 3 N–H and O–H groups in total. The molecule has 188 valence electrons. The van der Waals surface area contributed by atoms with Gasteiger partial charge in [-0.05, 0) is 30.3 Å². The fraction of sp³-hybridized carbons (Fsp3) is 0.154. The van der Waals surface area contributed by atoms with E-state index in [-0.39, 0.29) is 28.9 Å². The number of halogens is 1. The maximum absolute atomic E-state index is 14.9. The summed E-state index contributed by atoms with van der Waals surface area (Å²) >= 11 is 1.53. The number of nitrogens with one attached hydrogen (secondary N) is 2. The van der Waals surface area contributed by atoms with Crippen molar-refractivity contribution in [3.05, 3.63) is 71.5 Å². The Hall–Kier alpha value is -4.51. The number of pyridine rings is 1. The number of hydrogen-bond donors (Lipinski definition) is 3. The largest absolute Gasteiger partial charge is 0.506 e. The zero-order chi connectivity index (χ0) is 25.9. The number of phenols is 1. The molecule has 1 aliphatic heterocycles. The molecule has 1 unspecified atom stereocenters. The van der Waals surface area contributed by atoms with Gasteiger partial charge in [-0.15, -0.1) is 11.3 Å². The van der Waals surface area contributed by atoms with E-state index in [0.29, 0.717) is 12.3 Å². The summed E-state index contributed by atoms with van der Waals surface area (Å²) in [6.07, 6.45) is 2.90. The number of hydrogen-bond acceptors (Lipinski definition) is 8. The molecular weight excluding hydrogens is 497 g/mol. The lowest BCUT2D eigenvalue weighted by atomic mass is 10.2. The summed E-state index contributed by atoms with van der Waals surface area (Å²) in [5, 5.41) is 14.7. The molecule has 0 spiro atoms. The van der Waals surface area contributed by atoms with E-state index < -0.39 is 24.1 Å². The Morgan fingerprint density at radius 1 is 1.14 bits per heavy atom. The molecule has 0 radical (unpaired) electrons. The van der Waals surface area contributed by atoms with E-state index in [4.69, 9.17) is 4.74 Å². The molecule has 2 amide bonds. The van der Waals surface area contributed by atoms with Crippen LogP contribution in [0.1, 0.15) is 17.3 Å². The molecule has 11 heteroatoms. The van der Waals surface area contributed by atoms with Crippen LogP contribution in [-0.2, 0) is 9.59 Å². The number of aromatic nitrogens is 1. The molecule has 2 aromatic heterocycles. The van der Waals surface area contributed by atoms with Gasteiger partial charge >= 0.3 is 0 Å². The number of nitrogens with zero attached hydrogens (tertiary/aromatic N) is 3. The molecule has 1 aliphatic rings. The molecule has 4 aromatic rings. The topological polar surface area (TPSA) is 116 Å². The summed E-state index contributed by atoms with van der Waals surface area (Å²) in [4.78, 5) is 36.2. The number of aliphatic imine (C=N–C) groups is 1. The second-order valence-corrected chi connectivity index (χ2v) is 9.46. The third kappa shape index (κ3) is 5.36. The Morgan fingerprint density at radius 3 is 2.70 bits per heavy atom. The first-order chi connectivity index (χ1) is 17.9. The van der Waals surface area contributed by atoms with E-state index in [2.05, 4.69) is 20.6 Å². The molecule has 37 heavy (non-hydrogen) atoms. The summed E-state index contributed by atoms with van der Waals surface area (Å²) < 4.78 is 21.5. The summed E-state index contributed by atoms with van der Waals surface area (Å²) in [5.41, 5.74) is 1.12. The molecule has 5 rings (SSSR count). The Morgan fingerprint density at radius 2 is 1.95 bits per heavy atom. The molecule has 3 heterocycles. The van der Waals surface area contributed by atoms with Gasteiger partial charge in [0.2, 0.25) is 11.8 Å². The fourth-order valence-electron chi connectivity index (χ4n) is 3.86. The average Bonchev–Trinajstić information content (AvgIpc) is 3.48. The van der Waals surface area contributed by atoms with Gasteiger partial charge < -0.3 is 25.4 Å². The van der Waals surface area contributed by atoms with Crippen molar-refractivity contribution in [1.29, 1.82) is 0 Å². The number of fused-ring (bicyclic) bond motifs is 1. The predicted octanol–water partition coefficient (Wildman–Crippen LogP) is 4.92. The fourth-order valence-corrected chi connectivity index (χ4v) is 5.07. The minimum Gasteiger partial charge on any atom is -0.506 e. The summed E-state index contributed by atoms with van der Waals surface area (Å²) in [6, 6.07) is 14.0. The van der Waals surface area contributed by atoms with Crippen molar-refractivity contribution in [3.8, 4) is 17.2 Å². The van der Waals surface area contributed by atoms with E-state index in [0.717, 1.165) is 21.2 Å². The zero-order valence-corrected chi connectivity index (χ0v) is 20.5. The zero-order valence-electron chi connectivity index (χ0n) is 19.6. The lowest BCUT2D eigenvalue weighted by molar-refractivity contribution is -0.123. The van der Waals surface area contributed by atoms with Crippen LogP contribution in [0.3, 0.4) is 0 Å². The van der Waals surface area contributed by atoms with Crippen molar-refractivity contribution in [1.82, 2.24) is 9.88 Å². The SMILES string of the molecule is CN1C=NCC1c1cc2nccc(Oc3ccc(NC(=O)CC(=O)Nc4ccccc4O)cc3F)c2s1. The van der Waals surface area contributed by atoms with Crippen LogP contribution in [0, 0.1) is 5.82 Å². The highest BCUT2D eigenvalue weighted by atomic mass is 32.1. The van der Waals surface area contributed by atoms with Gasteiger partial charge in [-0.25, -0.2) is 4.39 Å². The molecule has 0 saturated carbocycles. The second kappa shape index (κ2) is 10.2. The van der Waals surface area contributed by atoms with E-state index in [1.54, 1.807) is 30.7 Å². The number of amides is 2. The molecule has 0 bridgehead atoms. The third-order valence-electron chi connectivity index (χ3n) is 5.69. The van der Waals surface area contributed by atoms with Gasteiger partial charge in [0, 0.05) is 35.9 Å². The lowest BCUT2D eigenvalue weighted by Gasteiger charge is -2.16. The number of aromatic hydroxyl groups is 1. The van der Waals surface area contributed by atoms with Crippen molar-refractivity contribution in [2.45, 2.75) is 12.5 Å². The highest BCUT2D eigenvalue weighted by Crippen LogP contribution is 2.39.